The Hall–Kier alpha value is -3.29. The summed E-state index contributed by atoms with van der Waals surface area (Å²) in [5, 5.41) is 0. The first-order chi connectivity index (χ1) is 17.6. The number of carbonyl (C=O) groups excluding carboxylic acids is 1. The molecule has 1 amide bonds. The molecule has 1 aromatic heterocycles. The van der Waals surface area contributed by atoms with Crippen LogP contribution in [0.25, 0.3) is 11.6 Å². The van der Waals surface area contributed by atoms with Crippen LogP contribution >= 0.6 is 0 Å². The second-order valence-electron chi connectivity index (χ2n) is 10.4. The minimum absolute atomic E-state index is 0.0322. The third-order valence-corrected chi connectivity index (χ3v) is 7.34. The number of hydrogen-bond donors (Lipinski definition) is 1. The van der Waals surface area contributed by atoms with Crippen molar-refractivity contribution in [2.24, 2.45) is 5.73 Å². The van der Waals surface area contributed by atoms with Gasteiger partial charge in [0.1, 0.15) is 5.83 Å². The van der Waals surface area contributed by atoms with Gasteiger partial charge in [-0.3, -0.25) is 14.7 Å². The number of allylic oxidation sites excluding steroid dienone is 2. The van der Waals surface area contributed by atoms with E-state index >= 15 is 0 Å². The molecule has 0 aliphatic carbocycles. The smallest absolute Gasteiger partial charge is 0.253 e. The normalized spacial score (nSPS) is 19.5. The standard InChI is InChI=1S/C30H38FN5O/c1-20(16-26-21(2)33-13-10-25(26)27-19-35(5)29(32)17-28(27)31)18-36-14-11-23(12-15-36)22-6-8-24(9-7-22)30(37)34(3)4/h6-10,13,16-17,19,23,29H,11-12,14-15,18,32H2,1-5H3/b20-16+. The summed E-state index contributed by atoms with van der Waals surface area (Å²) >= 11 is 0. The third kappa shape index (κ3) is 6.17. The van der Waals surface area contributed by atoms with Crippen LogP contribution in [0.15, 0.2) is 60.2 Å². The molecule has 0 bridgehead atoms. The van der Waals surface area contributed by atoms with Crippen molar-refractivity contribution in [1.82, 2.24) is 19.7 Å². The Kier molecular flexibility index (Phi) is 8.25. The number of pyridine rings is 1. The summed E-state index contributed by atoms with van der Waals surface area (Å²) in [6.45, 7) is 6.98. The lowest BCUT2D eigenvalue weighted by molar-refractivity contribution is 0.0827. The van der Waals surface area contributed by atoms with Gasteiger partial charge < -0.3 is 15.5 Å². The lowest BCUT2D eigenvalue weighted by Crippen LogP contribution is -2.36. The topological polar surface area (TPSA) is 65.7 Å². The van der Waals surface area contributed by atoms with Gasteiger partial charge in [-0.2, -0.15) is 0 Å². The van der Waals surface area contributed by atoms with Gasteiger partial charge in [0.05, 0.1) is 6.17 Å². The Morgan fingerprint density at radius 3 is 2.51 bits per heavy atom. The van der Waals surface area contributed by atoms with Gasteiger partial charge in [0.2, 0.25) is 0 Å². The molecule has 1 saturated heterocycles. The van der Waals surface area contributed by atoms with Crippen LogP contribution < -0.4 is 5.73 Å². The zero-order valence-corrected chi connectivity index (χ0v) is 22.5. The summed E-state index contributed by atoms with van der Waals surface area (Å²) < 4.78 is 14.9. The van der Waals surface area contributed by atoms with Crippen molar-refractivity contribution in [3.05, 3.63) is 88.2 Å². The van der Waals surface area contributed by atoms with Crippen molar-refractivity contribution in [3.63, 3.8) is 0 Å². The minimum Gasteiger partial charge on any atom is -0.361 e. The van der Waals surface area contributed by atoms with Crippen LogP contribution in [0.3, 0.4) is 0 Å². The van der Waals surface area contributed by atoms with E-state index in [0.29, 0.717) is 11.5 Å². The molecule has 1 aromatic carbocycles. The van der Waals surface area contributed by atoms with Crippen LogP contribution in [-0.2, 0) is 0 Å². The molecule has 6 nitrogen and oxygen atoms in total. The van der Waals surface area contributed by atoms with Crippen molar-refractivity contribution < 1.29 is 9.18 Å². The van der Waals surface area contributed by atoms with Crippen molar-refractivity contribution in [2.45, 2.75) is 38.8 Å². The van der Waals surface area contributed by atoms with Gasteiger partial charge in [-0.15, -0.1) is 0 Å². The number of likely N-dealkylation sites (N-methyl/N-ethyl adjacent to an activating group) is 1. The fourth-order valence-corrected chi connectivity index (χ4v) is 5.13. The first-order valence-corrected chi connectivity index (χ1v) is 12.9. The van der Waals surface area contributed by atoms with E-state index in [1.165, 1.54) is 17.2 Å². The van der Waals surface area contributed by atoms with E-state index in [1.54, 1.807) is 31.4 Å². The number of rotatable bonds is 6. The van der Waals surface area contributed by atoms with Gasteiger partial charge >= 0.3 is 0 Å². The third-order valence-electron chi connectivity index (χ3n) is 7.34. The maximum Gasteiger partial charge on any atom is 0.253 e. The maximum atomic E-state index is 14.9. The Morgan fingerprint density at radius 1 is 1.19 bits per heavy atom. The molecule has 2 aliphatic heterocycles. The number of piperidine rings is 1. The number of halogens is 1. The second kappa shape index (κ2) is 11.4. The number of carbonyl (C=O) groups is 1. The average molecular weight is 504 g/mol. The fourth-order valence-electron chi connectivity index (χ4n) is 5.13. The molecular formula is C30H38FN5O. The van der Waals surface area contributed by atoms with E-state index in [0.717, 1.165) is 54.9 Å². The van der Waals surface area contributed by atoms with E-state index in [1.807, 2.05) is 37.1 Å². The SMILES string of the molecule is C/C(=C\c1c(C2=CN(C)C(N)C=C2F)ccnc1C)CN1CCC(c2ccc(C(=O)N(C)C)cc2)CC1. The zero-order chi connectivity index (χ0) is 26.7. The molecule has 1 fully saturated rings. The second-order valence-corrected chi connectivity index (χ2v) is 10.4. The molecular weight excluding hydrogens is 465 g/mol. The van der Waals surface area contributed by atoms with E-state index in [2.05, 4.69) is 35.0 Å². The molecule has 0 spiro atoms. The Morgan fingerprint density at radius 2 is 1.86 bits per heavy atom. The van der Waals surface area contributed by atoms with Gasteiger partial charge in [0, 0.05) is 62.5 Å². The molecule has 1 unspecified atom stereocenters. The molecule has 7 heteroatoms. The van der Waals surface area contributed by atoms with Crippen LogP contribution in [0.1, 0.15) is 58.4 Å². The van der Waals surface area contributed by atoms with Gasteiger partial charge in [-0.25, -0.2) is 4.39 Å². The van der Waals surface area contributed by atoms with Crippen LogP contribution in [-0.4, -0.2) is 72.5 Å². The van der Waals surface area contributed by atoms with Gasteiger partial charge in [0.15, 0.2) is 0 Å². The quantitative estimate of drug-likeness (QED) is 0.614. The number of aryl methyl sites for hydroxylation is 1. The number of nitrogens with two attached hydrogens (primary N) is 1. The summed E-state index contributed by atoms with van der Waals surface area (Å²) in [4.78, 5) is 22.5. The number of hydrogen-bond acceptors (Lipinski definition) is 5. The highest BCUT2D eigenvalue weighted by Gasteiger charge is 2.23. The first kappa shape index (κ1) is 26.8. The molecule has 2 aromatic rings. The Bertz CT molecular complexity index is 1220. The molecule has 0 radical (unpaired) electrons. The zero-order valence-electron chi connectivity index (χ0n) is 22.5. The minimum atomic E-state index is -0.464. The van der Waals surface area contributed by atoms with Crippen LogP contribution in [0.4, 0.5) is 4.39 Å². The predicted octanol–water partition coefficient (Wildman–Crippen LogP) is 4.80. The maximum absolute atomic E-state index is 14.9. The van der Waals surface area contributed by atoms with Crippen molar-refractivity contribution in [3.8, 4) is 0 Å². The number of nitrogens with zero attached hydrogens (tertiary/aromatic N) is 4. The molecule has 2 aliphatic rings. The lowest BCUT2D eigenvalue weighted by atomic mass is 9.88. The molecule has 2 N–H and O–H groups in total. The highest BCUT2D eigenvalue weighted by molar-refractivity contribution is 5.93. The molecule has 4 rings (SSSR count). The van der Waals surface area contributed by atoms with E-state index in [4.69, 9.17) is 5.73 Å². The van der Waals surface area contributed by atoms with Crippen molar-refractivity contribution >= 4 is 17.6 Å². The summed E-state index contributed by atoms with van der Waals surface area (Å²) in [5.74, 6) is 0.238. The molecule has 37 heavy (non-hydrogen) atoms. The highest BCUT2D eigenvalue weighted by atomic mass is 19.1. The molecule has 3 heterocycles. The van der Waals surface area contributed by atoms with Crippen LogP contribution in [0, 0.1) is 6.92 Å². The number of benzene rings is 1. The summed E-state index contributed by atoms with van der Waals surface area (Å²) in [6.07, 6.45) is 8.80. The first-order valence-electron chi connectivity index (χ1n) is 12.9. The van der Waals surface area contributed by atoms with Crippen molar-refractivity contribution in [1.29, 1.82) is 0 Å². The fraction of sp³-hybridized carbons (Fsp3) is 0.400. The van der Waals surface area contributed by atoms with Gasteiger partial charge in [0.25, 0.3) is 5.91 Å². The molecule has 1 atom stereocenters. The lowest BCUT2D eigenvalue weighted by Gasteiger charge is -2.32. The molecule has 0 saturated carbocycles. The van der Waals surface area contributed by atoms with Crippen LogP contribution in [0.5, 0.6) is 0 Å². The Balaban J connectivity index is 1.42. The summed E-state index contributed by atoms with van der Waals surface area (Å²) in [6, 6.07) is 9.96. The van der Waals surface area contributed by atoms with Crippen LogP contribution in [0.2, 0.25) is 0 Å². The Labute approximate surface area is 220 Å². The number of likely N-dealkylation sites (tertiary alicyclic amines) is 1. The number of amides is 1. The van der Waals surface area contributed by atoms with E-state index in [-0.39, 0.29) is 11.7 Å². The van der Waals surface area contributed by atoms with E-state index < -0.39 is 6.17 Å². The van der Waals surface area contributed by atoms with Gasteiger partial charge in [-0.1, -0.05) is 23.8 Å². The van der Waals surface area contributed by atoms with Gasteiger partial charge in [-0.05, 0) is 81.1 Å². The number of aromatic nitrogens is 1. The monoisotopic (exact) mass is 503 g/mol. The average Bonchev–Trinajstić information content (AvgIpc) is 2.87. The summed E-state index contributed by atoms with van der Waals surface area (Å²) in [5.41, 5.74) is 12.4. The van der Waals surface area contributed by atoms with E-state index in [9.17, 15) is 9.18 Å². The largest absolute Gasteiger partial charge is 0.361 e. The predicted molar refractivity (Wildman–Crippen MR) is 148 cm³/mol. The molecule has 196 valence electrons. The summed E-state index contributed by atoms with van der Waals surface area (Å²) in [7, 11) is 5.40. The highest BCUT2D eigenvalue weighted by Crippen LogP contribution is 2.33. The van der Waals surface area contributed by atoms with Crippen molar-refractivity contribution in [2.75, 3.05) is 40.8 Å².